The van der Waals surface area contributed by atoms with Crippen molar-refractivity contribution in [2.45, 2.75) is 26.4 Å². The molecular weight excluding hydrogens is 432 g/mol. The molecule has 168 valence electrons. The Labute approximate surface area is 199 Å². The van der Waals surface area contributed by atoms with Gasteiger partial charge < -0.3 is 9.80 Å². The first-order valence-electron chi connectivity index (χ1n) is 11.3. The Morgan fingerprint density at radius 3 is 2.61 bits per heavy atom. The molecule has 1 aliphatic heterocycles. The standard InChI is InChI=1S/C27H27ClN4O/c1-19-7-6-10-23(15-19)31-14-13-30(17-20(31)2)26(33)18-32-25-12-11-22(28)16-24(25)27(29-32)21-8-4-3-5-9-21/h3-12,15-16,20H,13-14,17-18H2,1-2H3/t20-/m1/s1. The molecular formula is C27H27ClN4O. The van der Waals surface area contributed by atoms with Crippen LogP contribution < -0.4 is 4.90 Å². The lowest BCUT2D eigenvalue weighted by Gasteiger charge is -2.41. The second-order valence-electron chi connectivity index (χ2n) is 8.75. The summed E-state index contributed by atoms with van der Waals surface area (Å²) in [6, 6.07) is 24.6. The zero-order valence-corrected chi connectivity index (χ0v) is 19.7. The van der Waals surface area contributed by atoms with Crippen LogP contribution in [-0.2, 0) is 11.3 Å². The minimum absolute atomic E-state index is 0.0877. The van der Waals surface area contributed by atoms with Crippen LogP contribution in [-0.4, -0.2) is 46.3 Å². The Hall–Kier alpha value is -3.31. The zero-order chi connectivity index (χ0) is 22.9. The average Bonchev–Trinajstić information content (AvgIpc) is 3.16. The van der Waals surface area contributed by atoms with Gasteiger partial charge in [-0.2, -0.15) is 5.10 Å². The Morgan fingerprint density at radius 2 is 1.85 bits per heavy atom. The Kier molecular flexibility index (Phi) is 5.81. The van der Waals surface area contributed by atoms with E-state index in [1.165, 1.54) is 11.3 Å². The van der Waals surface area contributed by atoms with E-state index in [1.54, 1.807) is 0 Å². The number of halogens is 1. The maximum Gasteiger partial charge on any atom is 0.244 e. The second kappa shape index (κ2) is 8.91. The molecule has 0 N–H and O–H groups in total. The first kappa shape index (κ1) is 21.5. The summed E-state index contributed by atoms with van der Waals surface area (Å²) >= 11 is 6.29. The summed E-state index contributed by atoms with van der Waals surface area (Å²) in [7, 11) is 0. The molecule has 33 heavy (non-hydrogen) atoms. The molecule has 1 fully saturated rings. The highest BCUT2D eigenvalue weighted by Gasteiger charge is 2.27. The van der Waals surface area contributed by atoms with Gasteiger partial charge in [-0.1, -0.05) is 54.1 Å². The maximum atomic E-state index is 13.3. The quantitative estimate of drug-likeness (QED) is 0.411. The molecule has 0 radical (unpaired) electrons. The maximum absolute atomic E-state index is 13.3. The van der Waals surface area contributed by atoms with E-state index < -0.39 is 0 Å². The molecule has 0 spiro atoms. The summed E-state index contributed by atoms with van der Waals surface area (Å²) in [5.74, 6) is 0.0877. The molecule has 1 aliphatic rings. The van der Waals surface area contributed by atoms with Crippen LogP contribution in [0.3, 0.4) is 0 Å². The van der Waals surface area contributed by atoms with Crippen LogP contribution in [0, 0.1) is 6.92 Å². The predicted molar refractivity (Wildman–Crippen MR) is 135 cm³/mol. The van der Waals surface area contributed by atoms with Gasteiger partial charge in [0, 0.05) is 47.3 Å². The molecule has 1 amide bonds. The molecule has 1 atom stereocenters. The third kappa shape index (κ3) is 4.33. The topological polar surface area (TPSA) is 41.4 Å². The first-order chi connectivity index (χ1) is 16.0. The summed E-state index contributed by atoms with van der Waals surface area (Å²) < 4.78 is 1.81. The molecule has 0 bridgehead atoms. The summed E-state index contributed by atoms with van der Waals surface area (Å²) in [6.45, 7) is 6.72. The molecule has 4 aromatic rings. The molecule has 3 aromatic carbocycles. The highest BCUT2D eigenvalue weighted by atomic mass is 35.5. The Morgan fingerprint density at radius 1 is 1.03 bits per heavy atom. The van der Waals surface area contributed by atoms with Crippen molar-refractivity contribution in [1.29, 1.82) is 0 Å². The highest BCUT2D eigenvalue weighted by molar-refractivity contribution is 6.31. The van der Waals surface area contributed by atoms with Crippen molar-refractivity contribution >= 4 is 34.1 Å². The van der Waals surface area contributed by atoms with Crippen LogP contribution in [0.15, 0.2) is 72.8 Å². The van der Waals surface area contributed by atoms with E-state index in [9.17, 15) is 4.79 Å². The van der Waals surface area contributed by atoms with Crippen molar-refractivity contribution in [2.75, 3.05) is 24.5 Å². The number of hydrogen-bond donors (Lipinski definition) is 0. The number of carbonyl (C=O) groups excluding carboxylic acids is 1. The normalized spacial score (nSPS) is 16.4. The van der Waals surface area contributed by atoms with Crippen LogP contribution in [0.1, 0.15) is 12.5 Å². The molecule has 1 aromatic heterocycles. The number of aryl methyl sites for hydroxylation is 1. The van der Waals surface area contributed by atoms with E-state index in [4.69, 9.17) is 16.7 Å². The van der Waals surface area contributed by atoms with Gasteiger partial charge in [-0.25, -0.2) is 0 Å². The summed E-state index contributed by atoms with van der Waals surface area (Å²) in [5.41, 5.74) is 5.24. The van der Waals surface area contributed by atoms with Gasteiger partial charge in [0.25, 0.3) is 0 Å². The van der Waals surface area contributed by atoms with Crippen molar-refractivity contribution in [3.63, 3.8) is 0 Å². The molecule has 0 aliphatic carbocycles. The number of nitrogens with zero attached hydrogens (tertiary/aromatic N) is 4. The number of amides is 1. The number of benzene rings is 3. The number of fused-ring (bicyclic) bond motifs is 1. The van der Waals surface area contributed by atoms with Gasteiger partial charge in [-0.3, -0.25) is 9.48 Å². The van der Waals surface area contributed by atoms with Crippen molar-refractivity contribution in [3.8, 4) is 11.3 Å². The van der Waals surface area contributed by atoms with Crippen LogP contribution in [0.5, 0.6) is 0 Å². The lowest BCUT2D eigenvalue weighted by Crippen LogP contribution is -2.54. The third-order valence-electron chi connectivity index (χ3n) is 6.36. The number of aromatic nitrogens is 2. The number of rotatable bonds is 4. The highest BCUT2D eigenvalue weighted by Crippen LogP contribution is 2.30. The van der Waals surface area contributed by atoms with E-state index in [0.29, 0.717) is 18.1 Å². The monoisotopic (exact) mass is 458 g/mol. The summed E-state index contributed by atoms with van der Waals surface area (Å²) in [4.78, 5) is 17.6. The SMILES string of the molecule is Cc1cccc(N2CCN(C(=O)Cn3nc(-c4ccccc4)c4cc(Cl)ccc43)C[C@H]2C)c1. The zero-order valence-electron chi connectivity index (χ0n) is 18.9. The van der Waals surface area contributed by atoms with Gasteiger partial charge in [0.15, 0.2) is 0 Å². The largest absolute Gasteiger partial charge is 0.365 e. The van der Waals surface area contributed by atoms with Crippen molar-refractivity contribution in [3.05, 3.63) is 83.4 Å². The lowest BCUT2D eigenvalue weighted by atomic mass is 10.1. The van der Waals surface area contributed by atoms with E-state index in [-0.39, 0.29) is 18.5 Å². The minimum Gasteiger partial charge on any atom is -0.365 e. The van der Waals surface area contributed by atoms with Crippen LogP contribution in [0.4, 0.5) is 5.69 Å². The van der Waals surface area contributed by atoms with Gasteiger partial charge in [0.2, 0.25) is 5.91 Å². The van der Waals surface area contributed by atoms with Gasteiger partial charge in [-0.05, 0) is 49.7 Å². The molecule has 1 saturated heterocycles. The molecule has 2 heterocycles. The second-order valence-corrected chi connectivity index (χ2v) is 9.19. The summed E-state index contributed by atoms with van der Waals surface area (Å²) in [5, 5.41) is 6.44. The smallest absolute Gasteiger partial charge is 0.244 e. The first-order valence-corrected chi connectivity index (χ1v) is 11.7. The van der Waals surface area contributed by atoms with E-state index in [2.05, 4.69) is 43.0 Å². The van der Waals surface area contributed by atoms with Gasteiger partial charge >= 0.3 is 0 Å². The van der Waals surface area contributed by atoms with E-state index >= 15 is 0 Å². The van der Waals surface area contributed by atoms with Crippen LogP contribution in [0.25, 0.3) is 22.2 Å². The lowest BCUT2D eigenvalue weighted by molar-refractivity contribution is -0.132. The van der Waals surface area contributed by atoms with Gasteiger partial charge in [-0.15, -0.1) is 0 Å². The fourth-order valence-electron chi connectivity index (χ4n) is 4.68. The predicted octanol–water partition coefficient (Wildman–Crippen LogP) is 5.40. The molecule has 0 unspecified atom stereocenters. The van der Waals surface area contributed by atoms with Crippen molar-refractivity contribution in [1.82, 2.24) is 14.7 Å². The third-order valence-corrected chi connectivity index (χ3v) is 6.59. The van der Waals surface area contributed by atoms with Crippen molar-refractivity contribution < 1.29 is 4.79 Å². The van der Waals surface area contributed by atoms with Gasteiger partial charge in [0.05, 0.1) is 5.52 Å². The minimum atomic E-state index is 0.0877. The Balaban J connectivity index is 1.37. The molecule has 5 nitrogen and oxygen atoms in total. The van der Waals surface area contributed by atoms with E-state index in [0.717, 1.165) is 28.7 Å². The molecule has 5 rings (SSSR count). The van der Waals surface area contributed by atoms with Gasteiger partial charge in [0.1, 0.15) is 12.2 Å². The number of piperazine rings is 1. The molecule has 6 heteroatoms. The number of carbonyl (C=O) groups is 1. The van der Waals surface area contributed by atoms with E-state index in [1.807, 2.05) is 58.1 Å². The summed E-state index contributed by atoms with van der Waals surface area (Å²) in [6.07, 6.45) is 0. The molecule has 0 saturated carbocycles. The number of hydrogen-bond acceptors (Lipinski definition) is 3. The number of anilines is 1. The average molecular weight is 459 g/mol. The Bertz CT molecular complexity index is 1300. The fraction of sp³-hybridized carbons (Fsp3) is 0.259. The fourth-order valence-corrected chi connectivity index (χ4v) is 4.86. The van der Waals surface area contributed by atoms with Crippen LogP contribution in [0.2, 0.25) is 5.02 Å². The van der Waals surface area contributed by atoms with Crippen LogP contribution >= 0.6 is 11.6 Å². The van der Waals surface area contributed by atoms with Crippen molar-refractivity contribution in [2.24, 2.45) is 0 Å².